The van der Waals surface area contributed by atoms with Crippen molar-refractivity contribution in [2.24, 2.45) is 0 Å². The number of hydrogen-bond acceptors (Lipinski definition) is 5. The van der Waals surface area contributed by atoms with Crippen molar-refractivity contribution in [1.29, 1.82) is 5.26 Å². The van der Waals surface area contributed by atoms with Crippen LogP contribution in [-0.2, 0) is 0 Å². The third-order valence-corrected chi connectivity index (χ3v) is 6.09. The van der Waals surface area contributed by atoms with Gasteiger partial charge in [-0.15, -0.1) is 0 Å². The van der Waals surface area contributed by atoms with Crippen LogP contribution in [0.5, 0.6) is 11.5 Å². The number of aliphatic hydroxyl groups excluding tert-OH is 1. The second kappa shape index (κ2) is 11.0. The molecule has 0 saturated heterocycles. The van der Waals surface area contributed by atoms with E-state index in [1.54, 1.807) is 6.07 Å². The second-order valence-corrected chi connectivity index (χ2v) is 8.71. The van der Waals surface area contributed by atoms with Gasteiger partial charge in [-0.1, -0.05) is 72.3 Å². The third kappa shape index (κ3) is 5.62. The minimum Gasteiger partial charge on any atom is -0.457 e. The van der Waals surface area contributed by atoms with Crippen LogP contribution in [0.3, 0.4) is 0 Å². The number of anilines is 1. The van der Waals surface area contributed by atoms with Crippen molar-refractivity contribution < 1.29 is 9.84 Å². The summed E-state index contributed by atoms with van der Waals surface area (Å²) in [6, 6.07) is 37.7. The summed E-state index contributed by atoms with van der Waals surface area (Å²) >= 11 is 6.51. The van der Waals surface area contributed by atoms with Gasteiger partial charge in [-0.3, -0.25) is 0 Å². The molecule has 0 amide bonds. The average molecular weight is 504 g/mol. The Labute approximate surface area is 220 Å². The van der Waals surface area contributed by atoms with Gasteiger partial charge in [-0.25, -0.2) is 4.98 Å². The molecule has 0 spiro atoms. The molecule has 37 heavy (non-hydrogen) atoms. The van der Waals surface area contributed by atoms with Gasteiger partial charge in [0.1, 0.15) is 17.6 Å². The van der Waals surface area contributed by atoms with Crippen molar-refractivity contribution in [2.75, 3.05) is 5.32 Å². The molecule has 1 aromatic heterocycles. The van der Waals surface area contributed by atoms with Gasteiger partial charge < -0.3 is 15.2 Å². The maximum atomic E-state index is 10.4. The molecule has 0 aliphatic heterocycles. The molecule has 0 fully saturated rings. The van der Waals surface area contributed by atoms with E-state index in [0.29, 0.717) is 27.7 Å². The number of hydrogen-bond donors (Lipinski definition) is 2. The Morgan fingerprint density at radius 1 is 0.784 bits per heavy atom. The maximum Gasteiger partial charge on any atom is 0.150 e. The molecule has 1 unspecified atom stereocenters. The standard InChI is InChI=1S/C31H22ClN3O2/c32-28-19-29(21-11-15-24(16-12-21)34-31(36)23-7-3-1-4-8-23)35-30(27(28)20-33)22-13-17-26(18-14-22)37-25-9-5-2-6-10-25/h1-19,31,34,36H. The summed E-state index contributed by atoms with van der Waals surface area (Å²) in [5.41, 5.74) is 4.57. The number of aliphatic hydroxyl groups is 1. The first kappa shape index (κ1) is 24.1. The van der Waals surface area contributed by atoms with Crippen LogP contribution < -0.4 is 10.1 Å². The van der Waals surface area contributed by atoms with E-state index in [2.05, 4.69) is 11.4 Å². The van der Waals surface area contributed by atoms with Crippen molar-refractivity contribution in [1.82, 2.24) is 4.98 Å². The highest BCUT2D eigenvalue weighted by atomic mass is 35.5. The van der Waals surface area contributed by atoms with E-state index in [9.17, 15) is 10.4 Å². The van der Waals surface area contributed by atoms with Gasteiger partial charge >= 0.3 is 0 Å². The van der Waals surface area contributed by atoms with E-state index < -0.39 is 6.23 Å². The normalized spacial score (nSPS) is 11.4. The van der Waals surface area contributed by atoms with Gasteiger partial charge in [-0.2, -0.15) is 5.26 Å². The lowest BCUT2D eigenvalue weighted by Gasteiger charge is -2.15. The molecule has 2 N–H and O–H groups in total. The van der Waals surface area contributed by atoms with Gasteiger partial charge in [0.05, 0.1) is 22.0 Å². The van der Waals surface area contributed by atoms with Crippen molar-refractivity contribution in [2.45, 2.75) is 6.23 Å². The largest absolute Gasteiger partial charge is 0.457 e. The zero-order valence-corrected chi connectivity index (χ0v) is 20.4. The molecule has 0 saturated carbocycles. The van der Waals surface area contributed by atoms with Crippen molar-refractivity contribution in [3.63, 3.8) is 0 Å². The lowest BCUT2D eigenvalue weighted by atomic mass is 10.0. The molecule has 0 aliphatic rings. The van der Waals surface area contributed by atoms with Gasteiger partial charge in [-0.05, 0) is 54.6 Å². The molecular formula is C31H22ClN3O2. The molecule has 1 heterocycles. The average Bonchev–Trinajstić information content (AvgIpc) is 2.94. The number of nitriles is 1. The fourth-order valence-electron chi connectivity index (χ4n) is 3.90. The van der Waals surface area contributed by atoms with E-state index in [1.807, 2.05) is 109 Å². The van der Waals surface area contributed by atoms with Crippen LogP contribution >= 0.6 is 11.6 Å². The van der Waals surface area contributed by atoms with E-state index in [4.69, 9.17) is 21.3 Å². The Hall–Kier alpha value is -4.63. The van der Waals surface area contributed by atoms with Crippen LogP contribution in [0.1, 0.15) is 17.4 Å². The summed E-state index contributed by atoms with van der Waals surface area (Å²) in [6.07, 6.45) is -0.824. The van der Waals surface area contributed by atoms with Crippen LogP contribution in [0, 0.1) is 11.3 Å². The summed E-state index contributed by atoms with van der Waals surface area (Å²) in [6.45, 7) is 0. The summed E-state index contributed by atoms with van der Waals surface area (Å²) in [7, 11) is 0. The first-order valence-electron chi connectivity index (χ1n) is 11.6. The number of halogens is 1. The Morgan fingerprint density at radius 2 is 1.38 bits per heavy atom. The molecule has 5 aromatic rings. The number of nitrogens with one attached hydrogen (secondary N) is 1. The highest BCUT2D eigenvalue weighted by Gasteiger charge is 2.15. The number of para-hydroxylation sites is 1. The van der Waals surface area contributed by atoms with Crippen molar-refractivity contribution in [3.05, 3.63) is 131 Å². The fraction of sp³-hybridized carbons (Fsp3) is 0.0323. The third-order valence-electron chi connectivity index (χ3n) is 5.79. The van der Waals surface area contributed by atoms with Gasteiger partial charge in [0.2, 0.25) is 0 Å². The van der Waals surface area contributed by atoms with Crippen LogP contribution in [0.2, 0.25) is 5.02 Å². The van der Waals surface area contributed by atoms with Crippen LogP contribution in [-0.4, -0.2) is 10.1 Å². The minimum absolute atomic E-state index is 0.311. The molecule has 180 valence electrons. The summed E-state index contributed by atoms with van der Waals surface area (Å²) in [5.74, 6) is 1.42. The first-order chi connectivity index (χ1) is 18.1. The van der Waals surface area contributed by atoms with E-state index >= 15 is 0 Å². The molecular weight excluding hydrogens is 482 g/mol. The van der Waals surface area contributed by atoms with Gasteiger partial charge in [0.25, 0.3) is 0 Å². The van der Waals surface area contributed by atoms with Crippen molar-refractivity contribution in [3.8, 4) is 40.1 Å². The number of ether oxygens (including phenoxy) is 1. The number of rotatable bonds is 7. The van der Waals surface area contributed by atoms with Gasteiger partial charge in [0.15, 0.2) is 6.23 Å². The molecule has 5 rings (SSSR count). The number of aromatic nitrogens is 1. The second-order valence-electron chi connectivity index (χ2n) is 8.30. The van der Waals surface area contributed by atoms with Crippen LogP contribution in [0.4, 0.5) is 5.69 Å². The highest BCUT2D eigenvalue weighted by molar-refractivity contribution is 6.32. The molecule has 5 nitrogen and oxygen atoms in total. The Morgan fingerprint density at radius 3 is 2.03 bits per heavy atom. The molecule has 1 atom stereocenters. The minimum atomic E-state index is -0.824. The molecule has 0 aliphatic carbocycles. The smallest absolute Gasteiger partial charge is 0.150 e. The number of benzene rings is 4. The predicted octanol–water partition coefficient (Wildman–Crippen LogP) is 7.84. The molecule has 0 bridgehead atoms. The Bertz CT molecular complexity index is 1530. The van der Waals surface area contributed by atoms with E-state index in [0.717, 1.165) is 28.1 Å². The van der Waals surface area contributed by atoms with E-state index in [-0.39, 0.29) is 0 Å². The number of pyridine rings is 1. The summed E-state index contributed by atoms with van der Waals surface area (Å²) in [5, 5.41) is 23.6. The topological polar surface area (TPSA) is 78.2 Å². The fourth-order valence-corrected chi connectivity index (χ4v) is 4.13. The quantitative estimate of drug-likeness (QED) is 0.221. The summed E-state index contributed by atoms with van der Waals surface area (Å²) in [4.78, 5) is 4.78. The van der Waals surface area contributed by atoms with Gasteiger partial charge in [0, 0.05) is 22.4 Å². The number of nitrogens with zero attached hydrogens (tertiary/aromatic N) is 2. The molecule has 0 radical (unpaired) electrons. The zero-order valence-electron chi connectivity index (χ0n) is 19.7. The van der Waals surface area contributed by atoms with E-state index in [1.165, 1.54) is 0 Å². The Kier molecular flexibility index (Phi) is 7.14. The predicted molar refractivity (Wildman–Crippen MR) is 146 cm³/mol. The van der Waals surface area contributed by atoms with Crippen LogP contribution in [0.25, 0.3) is 22.5 Å². The first-order valence-corrected chi connectivity index (χ1v) is 12.0. The maximum absolute atomic E-state index is 10.4. The highest BCUT2D eigenvalue weighted by Crippen LogP contribution is 2.33. The monoisotopic (exact) mass is 503 g/mol. The lowest BCUT2D eigenvalue weighted by Crippen LogP contribution is -2.09. The zero-order chi connectivity index (χ0) is 25.6. The lowest BCUT2D eigenvalue weighted by molar-refractivity contribution is 0.208. The summed E-state index contributed by atoms with van der Waals surface area (Å²) < 4.78 is 5.87. The molecule has 6 heteroatoms. The Balaban J connectivity index is 1.39. The molecule has 4 aromatic carbocycles. The van der Waals surface area contributed by atoms with Crippen molar-refractivity contribution >= 4 is 17.3 Å². The SMILES string of the molecule is N#Cc1c(Cl)cc(-c2ccc(NC(O)c3ccccc3)cc2)nc1-c1ccc(Oc2ccccc2)cc1. The van der Waals surface area contributed by atoms with Crippen LogP contribution in [0.15, 0.2) is 115 Å².